The average molecular weight is 867 g/mol. The number of anilines is 6. The van der Waals surface area contributed by atoms with E-state index >= 15 is 0 Å². The van der Waals surface area contributed by atoms with Gasteiger partial charge in [-0.25, -0.2) is 0 Å². The van der Waals surface area contributed by atoms with Gasteiger partial charge in [-0.05, 0) is 171 Å². The molecular formula is C62H67BN2O. The number of aryl methyl sites for hydroxylation is 2. The van der Waals surface area contributed by atoms with Crippen LogP contribution in [0.25, 0.3) is 28.2 Å². The van der Waals surface area contributed by atoms with Crippen LogP contribution in [0.5, 0.6) is 0 Å². The number of fused-ring (bicyclic) bond motifs is 8. The van der Waals surface area contributed by atoms with Crippen LogP contribution >= 0.6 is 0 Å². The molecule has 2 aliphatic carbocycles. The van der Waals surface area contributed by atoms with Crippen molar-refractivity contribution in [2.24, 2.45) is 0 Å². The van der Waals surface area contributed by atoms with E-state index in [1.54, 1.807) is 0 Å². The Morgan fingerprint density at radius 1 is 0.576 bits per heavy atom. The Bertz CT molecular complexity index is 3190. The second kappa shape index (κ2) is 14.1. The molecule has 7 aromatic rings. The smallest absolute Gasteiger partial charge is 0.257 e. The highest BCUT2D eigenvalue weighted by Crippen LogP contribution is 2.55. The lowest BCUT2D eigenvalue weighted by molar-refractivity contribution is 0.332. The lowest BCUT2D eigenvalue weighted by Gasteiger charge is -2.48. The van der Waals surface area contributed by atoms with E-state index in [1.165, 1.54) is 88.9 Å². The van der Waals surface area contributed by atoms with Crippen LogP contribution in [0.1, 0.15) is 146 Å². The van der Waals surface area contributed by atoms with Gasteiger partial charge >= 0.3 is 0 Å². The Labute approximate surface area is 395 Å². The van der Waals surface area contributed by atoms with Crippen molar-refractivity contribution in [1.82, 2.24) is 0 Å². The van der Waals surface area contributed by atoms with Gasteiger partial charge in [-0.3, -0.25) is 4.90 Å². The predicted molar refractivity (Wildman–Crippen MR) is 285 cm³/mol. The summed E-state index contributed by atoms with van der Waals surface area (Å²) >= 11 is 0. The fraction of sp³-hybridized carbons (Fsp3) is 0.355. The molecule has 2 aliphatic heterocycles. The highest BCUT2D eigenvalue weighted by molar-refractivity contribution is 7.01. The highest BCUT2D eigenvalue weighted by atomic mass is 16.4. The molecule has 0 unspecified atom stereocenters. The lowest BCUT2D eigenvalue weighted by Crippen LogP contribution is -2.61. The van der Waals surface area contributed by atoms with Crippen LogP contribution in [0.4, 0.5) is 34.3 Å². The predicted octanol–water partition coefficient (Wildman–Crippen LogP) is 15.4. The minimum Gasteiger partial charge on any atom is -0.440 e. The summed E-state index contributed by atoms with van der Waals surface area (Å²) in [4.78, 5) is 5.15. The SMILES string of the molecule is C=Cc1cc2c3c(c1)N(c1ccc(C(C)(C)C)cc1C)c1oc4ccc(C)cc4c1B3c1cc3c(cc1N2c1cc2c(cc1-c1ccccc1)C(C)(C)CCC2(C)C)C(C)(C)CCC3(C)C. The van der Waals surface area contributed by atoms with E-state index < -0.39 is 0 Å². The molecule has 3 heterocycles. The van der Waals surface area contributed by atoms with Gasteiger partial charge in [-0.15, -0.1) is 0 Å². The van der Waals surface area contributed by atoms with Crippen LogP contribution in [0.3, 0.4) is 0 Å². The topological polar surface area (TPSA) is 19.6 Å². The molecule has 11 rings (SSSR count). The molecule has 0 spiro atoms. The van der Waals surface area contributed by atoms with Crippen LogP contribution < -0.4 is 26.2 Å². The van der Waals surface area contributed by atoms with Gasteiger partial charge in [0.2, 0.25) is 5.88 Å². The van der Waals surface area contributed by atoms with Gasteiger partial charge in [0.15, 0.2) is 0 Å². The largest absolute Gasteiger partial charge is 0.440 e. The Morgan fingerprint density at radius 2 is 1.15 bits per heavy atom. The van der Waals surface area contributed by atoms with E-state index in [9.17, 15) is 0 Å². The zero-order valence-corrected chi connectivity index (χ0v) is 41.8. The first-order chi connectivity index (χ1) is 31.1. The fourth-order valence-electron chi connectivity index (χ4n) is 12.3. The van der Waals surface area contributed by atoms with E-state index in [4.69, 9.17) is 4.42 Å². The molecule has 3 nitrogen and oxygen atoms in total. The van der Waals surface area contributed by atoms with Gasteiger partial charge in [-0.2, -0.15) is 0 Å². The summed E-state index contributed by atoms with van der Waals surface area (Å²) < 4.78 is 7.27. The van der Waals surface area contributed by atoms with Crippen LogP contribution in [0.2, 0.25) is 0 Å². The van der Waals surface area contributed by atoms with Gasteiger partial charge in [0.1, 0.15) is 5.58 Å². The molecule has 0 N–H and O–H groups in total. The highest BCUT2D eigenvalue weighted by Gasteiger charge is 2.49. The summed E-state index contributed by atoms with van der Waals surface area (Å²) in [5.41, 5.74) is 24.2. The molecule has 0 saturated heterocycles. The van der Waals surface area contributed by atoms with Gasteiger partial charge in [0.05, 0.1) is 11.4 Å². The maximum absolute atomic E-state index is 7.27. The standard InChI is InChI=1S/C62H67BN2O/c1-15-39-31-52-56-53(32-39)65(49-23-22-41(30-38(49)3)58(4,5)6)57-55(43-29-37(2)21-24-54(43)66-57)63(56)48-34-45-47(62(13,14)28-26-60(45,9)10)36-51(48)64(52)50-35-46-44(59(7,8)25-27-61(46,11)12)33-42(50)40-19-17-16-18-20-40/h15-24,29-36H,1,25-28H2,2-14H3. The zero-order chi connectivity index (χ0) is 46.6. The number of furan rings is 1. The normalized spacial score (nSPS) is 18.3. The Hall–Kier alpha value is -5.74. The molecule has 4 aliphatic rings. The number of hydrogen-bond donors (Lipinski definition) is 0. The Kier molecular flexibility index (Phi) is 9.19. The third-order valence-corrected chi connectivity index (χ3v) is 16.7. The quantitative estimate of drug-likeness (QED) is 0.164. The molecule has 0 saturated carbocycles. The Balaban J connectivity index is 1.32. The summed E-state index contributed by atoms with van der Waals surface area (Å²) in [5.74, 6) is 0.909. The third kappa shape index (κ3) is 6.29. The summed E-state index contributed by atoms with van der Waals surface area (Å²) in [7, 11) is 0. The van der Waals surface area contributed by atoms with Crippen LogP contribution in [-0.4, -0.2) is 6.71 Å². The molecule has 66 heavy (non-hydrogen) atoms. The second-order valence-electron chi connectivity index (χ2n) is 24.1. The van der Waals surface area contributed by atoms with Crippen molar-refractivity contribution >= 4 is 74.5 Å². The summed E-state index contributed by atoms with van der Waals surface area (Å²) in [6.07, 6.45) is 6.64. The van der Waals surface area contributed by atoms with Crippen molar-refractivity contribution in [2.75, 3.05) is 9.80 Å². The maximum atomic E-state index is 7.27. The van der Waals surface area contributed by atoms with Crippen molar-refractivity contribution < 1.29 is 4.42 Å². The molecule has 6 aromatic carbocycles. The number of benzene rings is 6. The van der Waals surface area contributed by atoms with Gasteiger partial charge in [0.25, 0.3) is 6.71 Å². The molecular weight excluding hydrogens is 800 g/mol. The first-order valence-electron chi connectivity index (χ1n) is 24.6. The second-order valence-corrected chi connectivity index (χ2v) is 24.1. The minimum absolute atomic E-state index is 0.00873. The minimum atomic E-state index is -0.0807. The molecule has 0 radical (unpaired) electrons. The van der Waals surface area contributed by atoms with E-state index in [0.717, 1.165) is 54.1 Å². The Morgan fingerprint density at radius 3 is 1.74 bits per heavy atom. The third-order valence-electron chi connectivity index (χ3n) is 16.7. The first kappa shape index (κ1) is 42.9. The summed E-state index contributed by atoms with van der Waals surface area (Å²) in [5, 5.41) is 1.19. The molecule has 0 amide bonds. The van der Waals surface area contributed by atoms with E-state index in [0.29, 0.717) is 0 Å². The average Bonchev–Trinajstić information content (AvgIpc) is 3.64. The van der Waals surface area contributed by atoms with Crippen molar-refractivity contribution in [3.8, 4) is 11.1 Å². The van der Waals surface area contributed by atoms with E-state index in [2.05, 4.69) is 210 Å². The maximum Gasteiger partial charge on any atom is 0.257 e. The van der Waals surface area contributed by atoms with Crippen molar-refractivity contribution in [3.05, 3.63) is 154 Å². The summed E-state index contributed by atoms with van der Waals surface area (Å²) in [6, 6.07) is 40.3. The molecule has 4 heteroatoms. The van der Waals surface area contributed by atoms with E-state index in [-0.39, 0.29) is 33.8 Å². The molecule has 0 atom stereocenters. The van der Waals surface area contributed by atoms with Gasteiger partial charge in [-0.1, -0.05) is 149 Å². The lowest BCUT2D eigenvalue weighted by atomic mass is 9.33. The van der Waals surface area contributed by atoms with Crippen LogP contribution in [0, 0.1) is 13.8 Å². The van der Waals surface area contributed by atoms with Crippen LogP contribution in [-0.2, 0) is 27.1 Å². The van der Waals surface area contributed by atoms with E-state index in [1.807, 2.05) is 6.08 Å². The first-order valence-corrected chi connectivity index (χ1v) is 24.6. The fourth-order valence-corrected chi connectivity index (χ4v) is 12.3. The molecule has 1 aromatic heterocycles. The van der Waals surface area contributed by atoms with Crippen molar-refractivity contribution in [2.45, 2.75) is 143 Å². The summed E-state index contributed by atoms with van der Waals surface area (Å²) in [6.45, 7) is 35.5. The number of rotatable bonds is 4. The van der Waals surface area contributed by atoms with Gasteiger partial charge < -0.3 is 9.32 Å². The molecule has 0 bridgehead atoms. The molecule has 334 valence electrons. The van der Waals surface area contributed by atoms with Crippen molar-refractivity contribution in [1.29, 1.82) is 0 Å². The van der Waals surface area contributed by atoms with Crippen LogP contribution in [0.15, 0.2) is 114 Å². The number of nitrogens with zero attached hydrogens (tertiary/aromatic N) is 2. The zero-order valence-electron chi connectivity index (χ0n) is 41.8. The van der Waals surface area contributed by atoms with Crippen molar-refractivity contribution in [3.63, 3.8) is 0 Å². The van der Waals surface area contributed by atoms with Gasteiger partial charge in [0, 0.05) is 33.5 Å². The molecule has 0 fully saturated rings. The monoisotopic (exact) mass is 867 g/mol. The number of hydrogen-bond acceptors (Lipinski definition) is 3.